The second-order valence-corrected chi connectivity index (χ2v) is 6.74. The molecule has 0 bridgehead atoms. The first kappa shape index (κ1) is 19.0. The number of aromatic nitrogens is 2. The summed E-state index contributed by atoms with van der Waals surface area (Å²) in [4.78, 5) is 24.6. The van der Waals surface area contributed by atoms with Crippen LogP contribution in [0.15, 0.2) is 30.5 Å². The van der Waals surface area contributed by atoms with Gasteiger partial charge in [0.15, 0.2) is 0 Å². The molecule has 1 aromatic heterocycles. The molecule has 0 fully saturated rings. The number of rotatable bonds is 6. The van der Waals surface area contributed by atoms with Crippen LogP contribution in [0.25, 0.3) is 5.69 Å². The largest absolute Gasteiger partial charge is 0.357 e. The van der Waals surface area contributed by atoms with Crippen LogP contribution in [0.5, 0.6) is 0 Å². The molecular weight excluding hydrogens is 340 g/mol. The zero-order valence-corrected chi connectivity index (χ0v) is 15.6. The zero-order chi connectivity index (χ0) is 18.6. The van der Waals surface area contributed by atoms with Gasteiger partial charge in [-0.2, -0.15) is 5.10 Å². The lowest BCUT2D eigenvalue weighted by atomic mass is 10.0. The minimum Gasteiger partial charge on any atom is -0.357 e. The minimum absolute atomic E-state index is 0.207. The van der Waals surface area contributed by atoms with Gasteiger partial charge in [-0.3, -0.25) is 9.59 Å². The van der Waals surface area contributed by atoms with Gasteiger partial charge in [0, 0.05) is 12.1 Å². The maximum absolute atomic E-state index is 12.6. The summed E-state index contributed by atoms with van der Waals surface area (Å²) in [7, 11) is 1.56. The molecule has 0 aliphatic rings. The Labute approximate surface area is 152 Å². The van der Waals surface area contributed by atoms with Crippen molar-refractivity contribution in [2.75, 3.05) is 7.05 Å². The maximum Gasteiger partial charge on any atom is 0.255 e. The van der Waals surface area contributed by atoms with E-state index in [0.717, 1.165) is 5.69 Å². The molecule has 0 radical (unpaired) electrons. The summed E-state index contributed by atoms with van der Waals surface area (Å²) in [6.45, 7) is 5.81. The van der Waals surface area contributed by atoms with E-state index in [1.54, 1.807) is 30.8 Å². The van der Waals surface area contributed by atoms with Crippen molar-refractivity contribution >= 4 is 23.4 Å². The molecule has 134 valence electrons. The maximum atomic E-state index is 12.6. The Balaban J connectivity index is 2.23. The van der Waals surface area contributed by atoms with Crippen LogP contribution >= 0.6 is 11.6 Å². The molecule has 1 unspecified atom stereocenters. The molecule has 2 amide bonds. The van der Waals surface area contributed by atoms with Crippen LogP contribution in [0.4, 0.5) is 0 Å². The van der Waals surface area contributed by atoms with Crippen molar-refractivity contribution < 1.29 is 9.59 Å². The number of carbonyl (C=O) groups excluding carboxylic acids is 2. The number of benzene rings is 1. The fraction of sp³-hybridized carbons (Fsp3) is 0.389. The van der Waals surface area contributed by atoms with Crippen LogP contribution < -0.4 is 10.6 Å². The van der Waals surface area contributed by atoms with E-state index in [0.29, 0.717) is 22.7 Å². The van der Waals surface area contributed by atoms with Crippen molar-refractivity contribution in [3.8, 4) is 5.69 Å². The summed E-state index contributed by atoms with van der Waals surface area (Å²) in [6.07, 6.45) is 2.06. The van der Waals surface area contributed by atoms with E-state index in [4.69, 9.17) is 11.6 Å². The lowest BCUT2D eigenvalue weighted by Gasteiger charge is -2.19. The standard InChI is InChI=1S/C18H23ClN4O2/c1-11(2)8-16(18(25)20-4)22-17(24)15-10-21-23(12(15)3)14-7-5-6-13(19)9-14/h5-7,9-11,16H,8H2,1-4H3,(H,20,25)(H,22,24). The molecule has 0 saturated carbocycles. The molecule has 2 N–H and O–H groups in total. The number of nitrogens with one attached hydrogen (secondary N) is 2. The van der Waals surface area contributed by atoms with E-state index in [9.17, 15) is 9.59 Å². The molecule has 25 heavy (non-hydrogen) atoms. The van der Waals surface area contributed by atoms with Gasteiger partial charge in [0.2, 0.25) is 5.91 Å². The van der Waals surface area contributed by atoms with Gasteiger partial charge in [0.25, 0.3) is 5.91 Å². The Morgan fingerprint density at radius 3 is 2.64 bits per heavy atom. The molecule has 1 atom stereocenters. The van der Waals surface area contributed by atoms with Crippen LogP contribution in [-0.4, -0.2) is 34.7 Å². The van der Waals surface area contributed by atoms with Crippen molar-refractivity contribution in [1.29, 1.82) is 0 Å². The smallest absolute Gasteiger partial charge is 0.255 e. The van der Waals surface area contributed by atoms with E-state index < -0.39 is 6.04 Å². The van der Waals surface area contributed by atoms with Crippen molar-refractivity contribution in [1.82, 2.24) is 20.4 Å². The molecule has 1 heterocycles. The van der Waals surface area contributed by atoms with Gasteiger partial charge < -0.3 is 10.6 Å². The van der Waals surface area contributed by atoms with Gasteiger partial charge in [0.05, 0.1) is 23.1 Å². The Hall–Kier alpha value is -2.34. The van der Waals surface area contributed by atoms with E-state index in [1.807, 2.05) is 26.0 Å². The predicted octanol–water partition coefficient (Wildman–Crippen LogP) is 2.72. The summed E-state index contributed by atoms with van der Waals surface area (Å²) in [5.74, 6) is -0.250. The van der Waals surface area contributed by atoms with Crippen LogP contribution in [0.2, 0.25) is 5.02 Å². The van der Waals surface area contributed by atoms with Crippen molar-refractivity contribution in [3.05, 3.63) is 46.7 Å². The number of hydrogen-bond acceptors (Lipinski definition) is 3. The van der Waals surface area contributed by atoms with Gasteiger partial charge in [-0.25, -0.2) is 4.68 Å². The SMILES string of the molecule is CNC(=O)C(CC(C)C)NC(=O)c1cnn(-c2cccc(Cl)c2)c1C. The molecule has 0 aliphatic carbocycles. The molecule has 1 aromatic carbocycles. The third-order valence-electron chi connectivity index (χ3n) is 3.88. The highest BCUT2D eigenvalue weighted by molar-refractivity contribution is 6.30. The second-order valence-electron chi connectivity index (χ2n) is 6.31. The zero-order valence-electron chi connectivity index (χ0n) is 14.8. The molecule has 0 spiro atoms. The van der Waals surface area contributed by atoms with Crippen LogP contribution in [0.3, 0.4) is 0 Å². The number of amides is 2. The number of nitrogens with zero attached hydrogens (tertiary/aromatic N) is 2. The Morgan fingerprint density at radius 1 is 1.32 bits per heavy atom. The van der Waals surface area contributed by atoms with Gasteiger partial charge in [-0.1, -0.05) is 31.5 Å². The van der Waals surface area contributed by atoms with Crippen molar-refractivity contribution in [2.45, 2.75) is 33.2 Å². The Kier molecular flexibility index (Phi) is 6.20. The highest BCUT2D eigenvalue weighted by atomic mass is 35.5. The third kappa shape index (κ3) is 4.60. The molecule has 0 aliphatic heterocycles. The average Bonchev–Trinajstić information content (AvgIpc) is 2.94. The summed E-state index contributed by atoms with van der Waals surface area (Å²) in [5.41, 5.74) is 1.88. The van der Waals surface area contributed by atoms with Crippen LogP contribution in [0.1, 0.15) is 36.3 Å². The van der Waals surface area contributed by atoms with Crippen molar-refractivity contribution in [2.24, 2.45) is 5.92 Å². The fourth-order valence-electron chi connectivity index (χ4n) is 2.61. The molecule has 2 aromatic rings. The molecule has 0 saturated heterocycles. The van der Waals surface area contributed by atoms with E-state index in [2.05, 4.69) is 15.7 Å². The van der Waals surface area contributed by atoms with Gasteiger partial charge >= 0.3 is 0 Å². The van der Waals surface area contributed by atoms with Gasteiger partial charge in [0.1, 0.15) is 6.04 Å². The highest BCUT2D eigenvalue weighted by Crippen LogP contribution is 2.18. The molecule has 7 heteroatoms. The second kappa shape index (κ2) is 8.16. The average molecular weight is 363 g/mol. The summed E-state index contributed by atoms with van der Waals surface area (Å²) < 4.78 is 1.65. The predicted molar refractivity (Wildman–Crippen MR) is 98.1 cm³/mol. The third-order valence-corrected chi connectivity index (χ3v) is 4.12. The quantitative estimate of drug-likeness (QED) is 0.829. The summed E-state index contributed by atoms with van der Waals surface area (Å²) >= 11 is 6.02. The lowest BCUT2D eigenvalue weighted by molar-refractivity contribution is -0.122. The number of hydrogen-bond donors (Lipinski definition) is 2. The normalized spacial score (nSPS) is 12.1. The van der Waals surface area contributed by atoms with Crippen LogP contribution in [-0.2, 0) is 4.79 Å². The fourth-order valence-corrected chi connectivity index (χ4v) is 2.80. The highest BCUT2D eigenvalue weighted by Gasteiger charge is 2.23. The molecule has 6 nitrogen and oxygen atoms in total. The minimum atomic E-state index is -0.577. The topological polar surface area (TPSA) is 76.0 Å². The van der Waals surface area contributed by atoms with Gasteiger partial charge in [-0.15, -0.1) is 0 Å². The number of carbonyl (C=O) groups is 2. The first-order valence-corrected chi connectivity index (χ1v) is 8.54. The lowest BCUT2D eigenvalue weighted by Crippen LogP contribution is -2.46. The Bertz CT molecular complexity index is 770. The summed E-state index contributed by atoms with van der Waals surface area (Å²) in [5, 5.41) is 10.3. The molecular formula is C18H23ClN4O2. The number of likely N-dealkylation sites (N-methyl/N-ethyl adjacent to an activating group) is 1. The Morgan fingerprint density at radius 2 is 2.04 bits per heavy atom. The first-order chi connectivity index (χ1) is 11.8. The van der Waals surface area contributed by atoms with Crippen molar-refractivity contribution in [3.63, 3.8) is 0 Å². The first-order valence-electron chi connectivity index (χ1n) is 8.16. The van der Waals surface area contributed by atoms with E-state index in [-0.39, 0.29) is 17.7 Å². The monoisotopic (exact) mass is 362 g/mol. The molecule has 2 rings (SSSR count). The van der Waals surface area contributed by atoms with Crippen LogP contribution in [0, 0.1) is 12.8 Å². The number of halogens is 1. The van der Waals surface area contributed by atoms with E-state index in [1.165, 1.54) is 6.20 Å². The van der Waals surface area contributed by atoms with Gasteiger partial charge in [-0.05, 0) is 37.5 Å². The van der Waals surface area contributed by atoms with E-state index >= 15 is 0 Å². The summed E-state index contributed by atoms with van der Waals surface area (Å²) in [6, 6.07) is 6.65.